The van der Waals surface area contributed by atoms with Crippen molar-refractivity contribution in [2.75, 3.05) is 26.2 Å². The van der Waals surface area contributed by atoms with Crippen LogP contribution >= 0.6 is 0 Å². The van der Waals surface area contributed by atoms with Crippen molar-refractivity contribution in [1.82, 2.24) is 14.9 Å². The first-order chi connectivity index (χ1) is 13.5. The number of hydrogen-bond acceptors (Lipinski definition) is 4. The molecule has 146 valence electrons. The average Bonchev–Trinajstić information content (AvgIpc) is 3.02. The predicted octanol–water partition coefficient (Wildman–Crippen LogP) is 2.81. The van der Waals surface area contributed by atoms with Crippen LogP contribution in [0.5, 0.6) is 0 Å². The highest BCUT2D eigenvalue weighted by Crippen LogP contribution is 2.24. The summed E-state index contributed by atoms with van der Waals surface area (Å²) in [6.07, 6.45) is 0.559. The Morgan fingerprint density at radius 2 is 1.50 bits per heavy atom. The number of halogens is 2. The Hall–Kier alpha value is -2.64. The summed E-state index contributed by atoms with van der Waals surface area (Å²) in [7, 11) is 0. The summed E-state index contributed by atoms with van der Waals surface area (Å²) in [5, 5.41) is 3.06. The lowest BCUT2D eigenvalue weighted by molar-refractivity contribution is -0.160. The fourth-order valence-corrected chi connectivity index (χ4v) is 3.74. The van der Waals surface area contributed by atoms with Crippen molar-refractivity contribution in [3.05, 3.63) is 59.7 Å². The number of rotatable bonds is 4. The molecule has 4 rings (SSSR count). The summed E-state index contributed by atoms with van der Waals surface area (Å²) in [6, 6.07) is 11.1. The number of piperazine rings is 1. The molecular formula is C21H21F2N3O2. The molecule has 2 aromatic carbocycles. The lowest BCUT2D eigenvalue weighted by Crippen LogP contribution is -2.55. The van der Waals surface area contributed by atoms with Crippen LogP contribution in [0.15, 0.2) is 42.5 Å². The van der Waals surface area contributed by atoms with Crippen LogP contribution in [0.1, 0.15) is 18.4 Å². The molecule has 0 radical (unpaired) electrons. The second-order valence-electron chi connectivity index (χ2n) is 7.15. The summed E-state index contributed by atoms with van der Waals surface area (Å²) in [5.74, 6) is -0.959. The first-order valence-electron chi connectivity index (χ1n) is 9.38. The number of hydrazine groups is 1. The molecular weight excluding hydrogens is 364 g/mol. The lowest BCUT2D eigenvalue weighted by Gasteiger charge is -2.38. The number of amides is 2. The molecule has 2 saturated heterocycles. The van der Waals surface area contributed by atoms with Gasteiger partial charge in [0.15, 0.2) is 0 Å². The van der Waals surface area contributed by atoms with E-state index in [2.05, 4.69) is 4.90 Å². The molecule has 0 spiro atoms. The van der Waals surface area contributed by atoms with E-state index in [4.69, 9.17) is 0 Å². The van der Waals surface area contributed by atoms with Gasteiger partial charge in [0.2, 0.25) is 11.8 Å². The quantitative estimate of drug-likeness (QED) is 0.760. The highest BCUT2D eigenvalue weighted by molar-refractivity contribution is 6.01. The first-order valence-corrected chi connectivity index (χ1v) is 9.38. The van der Waals surface area contributed by atoms with Gasteiger partial charge in [-0.2, -0.15) is 0 Å². The van der Waals surface area contributed by atoms with Crippen LogP contribution in [0.25, 0.3) is 11.1 Å². The van der Waals surface area contributed by atoms with Gasteiger partial charge in [0.1, 0.15) is 11.6 Å². The zero-order valence-electron chi connectivity index (χ0n) is 15.4. The highest BCUT2D eigenvalue weighted by atomic mass is 19.1. The van der Waals surface area contributed by atoms with E-state index in [1.807, 2.05) is 0 Å². The summed E-state index contributed by atoms with van der Waals surface area (Å²) in [5.41, 5.74) is 1.84. The van der Waals surface area contributed by atoms with Crippen LogP contribution < -0.4 is 0 Å². The Morgan fingerprint density at radius 1 is 0.821 bits per heavy atom. The van der Waals surface area contributed by atoms with Crippen LogP contribution in [0.2, 0.25) is 0 Å². The van der Waals surface area contributed by atoms with Crippen molar-refractivity contribution in [3.63, 3.8) is 0 Å². The Kier molecular flexibility index (Phi) is 5.19. The third-order valence-electron chi connectivity index (χ3n) is 5.26. The smallest absolute Gasteiger partial charge is 0.244 e. The lowest BCUT2D eigenvalue weighted by atomic mass is 10.0. The van der Waals surface area contributed by atoms with E-state index in [1.54, 1.807) is 29.3 Å². The largest absolute Gasteiger partial charge is 0.296 e. The van der Waals surface area contributed by atoms with E-state index in [9.17, 15) is 18.4 Å². The Morgan fingerprint density at radius 3 is 2.14 bits per heavy atom. The Bertz CT molecular complexity index is 894. The van der Waals surface area contributed by atoms with E-state index < -0.39 is 0 Å². The second-order valence-corrected chi connectivity index (χ2v) is 7.15. The molecule has 0 saturated carbocycles. The fraction of sp³-hybridized carbons (Fsp3) is 0.333. The van der Waals surface area contributed by atoms with Gasteiger partial charge in [0, 0.05) is 51.1 Å². The normalized spacial score (nSPS) is 18.9. The van der Waals surface area contributed by atoms with Crippen LogP contribution in [-0.2, 0) is 16.1 Å². The summed E-state index contributed by atoms with van der Waals surface area (Å²) < 4.78 is 28.0. The Labute approximate surface area is 162 Å². The summed E-state index contributed by atoms with van der Waals surface area (Å²) in [6.45, 7) is 2.84. The molecule has 28 heavy (non-hydrogen) atoms. The topological polar surface area (TPSA) is 43.9 Å². The van der Waals surface area contributed by atoms with Crippen LogP contribution in [0, 0.1) is 11.6 Å². The van der Waals surface area contributed by atoms with E-state index in [-0.39, 0.29) is 36.3 Å². The molecule has 0 bridgehead atoms. The van der Waals surface area contributed by atoms with E-state index in [0.29, 0.717) is 49.4 Å². The van der Waals surface area contributed by atoms with E-state index >= 15 is 0 Å². The number of benzene rings is 2. The highest BCUT2D eigenvalue weighted by Gasteiger charge is 2.35. The van der Waals surface area contributed by atoms with Gasteiger partial charge >= 0.3 is 0 Å². The molecule has 7 heteroatoms. The van der Waals surface area contributed by atoms with Crippen molar-refractivity contribution >= 4 is 11.8 Å². The van der Waals surface area contributed by atoms with Gasteiger partial charge in [-0.3, -0.25) is 14.5 Å². The average molecular weight is 385 g/mol. The molecule has 0 unspecified atom stereocenters. The molecule has 0 aliphatic carbocycles. The van der Waals surface area contributed by atoms with Crippen molar-refractivity contribution in [1.29, 1.82) is 0 Å². The number of hydrogen-bond donors (Lipinski definition) is 0. The summed E-state index contributed by atoms with van der Waals surface area (Å²) in [4.78, 5) is 25.8. The van der Waals surface area contributed by atoms with E-state index in [1.165, 1.54) is 23.2 Å². The minimum Gasteiger partial charge on any atom is -0.296 e. The fourth-order valence-electron chi connectivity index (χ4n) is 3.74. The Balaban J connectivity index is 1.39. The van der Waals surface area contributed by atoms with Gasteiger partial charge in [-0.1, -0.05) is 24.3 Å². The predicted molar refractivity (Wildman–Crippen MR) is 99.7 cm³/mol. The zero-order valence-corrected chi connectivity index (χ0v) is 15.4. The van der Waals surface area contributed by atoms with E-state index in [0.717, 1.165) is 0 Å². The van der Waals surface area contributed by atoms with Crippen molar-refractivity contribution in [2.45, 2.75) is 19.4 Å². The number of carbonyl (C=O) groups is 2. The van der Waals surface area contributed by atoms with Crippen molar-refractivity contribution in [3.8, 4) is 11.1 Å². The maximum Gasteiger partial charge on any atom is 0.244 e. The third-order valence-corrected chi connectivity index (χ3v) is 5.26. The van der Waals surface area contributed by atoms with Gasteiger partial charge in [-0.15, -0.1) is 0 Å². The molecule has 0 aromatic heterocycles. The van der Waals surface area contributed by atoms with Gasteiger partial charge in [-0.25, -0.2) is 18.8 Å². The number of imide groups is 1. The van der Waals surface area contributed by atoms with Gasteiger partial charge in [-0.05, 0) is 29.3 Å². The molecule has 2 aliphatic heterocycles. The molecule has 0 atom stereocenters. The molecule has 2 aromatic rings. The monoisotopic (exact) mass is 385 g/mol. The molecule has 5 nitrogen and oxygen atoms in total. The van der Waals surface area contributed by atoms with Gasteiger partial charge in [0.25, 0.3) is 0 Å². The maximum atomic E-state index is 14.6. The number of carbonyl (C=O) groups excluding carboxylic acids is 2. The molecule has 0 N–H and O–H groups in total. The zero-order chi connectivity index (χ0) is 19.7. The molecule has 2 aliphatic rings. The standard InChI is InChI=1S/C21H21F2N3O2/c22-18-3-1-2-15(12-18)16-4-5-17(19(23)13-16)14-24-8-10-25(11-9-24)26-20(27)6-7-21(26)28/h1-5,12-13H,6-11,14H2. The van der Waals surface area contributed by atoms with Crippen LogP contribution in [-0.4, -0.2) is 52.9 Å². The van der Waals surface area contributed by atoms with Crippen molar-refractivity contribution in [2.24, 2.45) is 0 Å². The first kappa shape index (κ1) is 18.7. The summed E-state index contributed by atoms with van der Waals surface area (Å²) >= 11 is 0. The maximum absolute atomic E-state index is 14.6. The van der Waals surface area contributed by atoms with Gasteiger partial charge < -0.3 is 0 Å². The molecule has 2 heterocycles. The SMILES string of the molecule is O=C1CCC(=O)N1N1CCN(Cc2ccc(-c3cccc(F)c3)cc2F)CC1. The molecule has 2 amide bonds. The second kappa shape index (κ2) is 7.77. The van der Waals surface area contributed by atoms with Crippen LogP contribution in [0.4, 0.5) is 8.78 Å². The number of nitrogens with zero attached hydrogens (tertiary/aromatic N) is 3. The van der Waals surface area contributed by atoms with Gasteiger partial charge in [0.05, 0.1) is 0 Å². The van der Waals surface area contributed by atoms with Crippen LogP contribution in [0.3, 0.4) is 0 Å². The third kappa shape index (κ3) is 3.81. The minimum absolute atomic E-state index is 0.141. The molecule has 2 fully saturated rings. The minimum atomic E-state index is -0.352. The van der Waals surface area contributed by atoms with Crippen molar-refractivity contribution < 1.29 is 18.4 Å².